The Bertz CT molecular complexity index is 800. The van der Waals surface area contributed by atoms with Crippen LogP contribution in [0.5, 0.6) is 5.75 Å². The van der Waals surface area contributed by atoms with Crippen LogP contribution in [0.3, 0.4) is 0 Å². The summed E-state index contributed by atoms with van der Waals surface area (Å²) in [6, 6.07) is 14.8. The summed E-state index contributed by atoms with van der Waals surface area (Å²) in [6.07, 6.45) is 1.14. The molecule has 1 atom stereocenters. The van der Waals surface area contributed by atoms with Crippen molar-refractivity contribution in [3.05, 3.63) is 59.9 Å². The van der Waals surface area contributed by atoms with E-state index in [2.05, 4.69) is 32.2 Å². The predicted octanol–water partition coefficient (Wildman–Crippen LogP) is 3.99. The fraction of sp³-hybridized carbons (Fsp3) is 0.409. The second-order valence-corrected chi connectivity index (χ2v) is 7.21. The van der Waals surface area contributed by atoms with Gasteiger partial charge in [0.05, 0.1) is 7.11 Å². The highest BCUT2D eigenvalue weighted by Crippen LogP contribution is 2.26. The Morgan fingerprint density at radius 3 is 2.72 bits per heavy atom. The minimum absolute atomic E-state index is 0. The molecule has 158 valence electrons. The van der Waals surface area contributed by atoms with E-state index in [1.165, 1.54) is 17.8 Å². The van der Waals surface area contributed by atoms with Gasteiger partial charge in [0.2, 0.25) is 0 Å². The second-order valence-electron chi connectivity index (χ2n) is 7.21. The van der Waals surface area contributed by atoms with E-state index in [0.29, 0.717) is 12.5 Å². The lowest BCUT2D eigenvalue weighted by Crippen LogP contribution is -2.41. The van der Waals surface area contributed by atoms with E-state index in [-0.39, 0.29) is 29.8 Å². The molecule has 0 saturated carbocycles. The van der Waals surface area contributed by atoms with Gasteiger partial charge in [0.1, 0.15) is 11.6 Å². The van der Waals surface area contributed by atoms with E-state index < -0.39 is 0 Å². The van der Waals surface area contributed by atoms with Gasteiger partial charge in [0.25, 0.3) is 0 Å². The summed E-state index contributed by atoms with van der Waals surface area (Å²) in [5, 5.41) is 3.49. The van der Waals surface area contributed by atoms with Crippen LogP contribution >= 0.6 is 24.0 Å². The number of aliphatic imine (C=N–C) groups is 1. The van der Waals surface area contributed by atoms with Crippen LogP contribution in [-0.2, 0) is 6.54 Å². The zero-order chi connectivity index (χ0) is 19.9. The number of halogens is 2. The van der Waals surface area contributed by atoms with Gasteiger partial charge in [-0.2, -0.15) is 0 Å². The number of nitrogens with one attached hydrogen (secondary N) is 1. The third kappa shape index (κ3) is 6.48. The molecule has 0 radical (unpaired) electrons. The highest BCUT2D eigenvalue weighted by molar-refractivity contribution is 14.0. The maximum atomic E-state index is 13.1. The van der Waals surface area contributed by atoms with E-state index >= 15 is 0 Å². The van der Waals surface area contributed by atoms with Gasteiger partial charge in [-0.1, -0.05) is 18.2 Å². The fourth-order valence-corrected chi connectivity index (χ4v) is 3.60. The Morgan fingerprint density at radius 2 is 2.03 bits per heavy atom. The van der Waals surface area contributed by atoms with Gasteiger partial charge in [-0.25, -0.2) is 4.39 Å². The molecule has 0 bridgehead atoms. The third-order valence-electron chi connectivity index (χ3n) is 5.16. The lowest BCUT2D eigenvalue weighted by molar-refractivity contribution is 0.415. The molecule has 3 rings (SSSR count). The van der Waals surface area contributed by atoms with E-state index in [4.69, 9.17) is 4.74 Å². The summed E-state index contributed by atoms with van der Waals surface area (Å²) in [7, 11) is 5.49. The van der Waals surface area contributed by atoms with Gasteiger partial charge in [-0.15, -0.1) is 24.0 Å². The highest BCUT2D eigenvalue weighted by atomic mass is 127. The molecule has 1 heterocycles. The molecule has 1 saturated heterocycles. The SMILES string of the molecule is CN=C(NCC1CCN(c2cccc(OC)c2)C1)N(C)Cc1ccc(F)cc1.I. The van der Waals surface area contributed by atoms with Gasteiger partial charge >= 0.3 is 0 Å². The van der Waals surface area contributed by atoms with E-state index in [0.717, 1.165) is 43.3 Å². The molecule has 29 heavy (non-hydrogen) atoms. The highest BCUT2D eigenvalue weighted by Gasteiger charge is 2.23. The van der Waals surface area contributed by atoms with Crippen LogP contribution in [0.4, 0.5) is 10.1 Å². The third-order valence-corrected chi connectivity index (χ3v) is 5.16. The van der Waals surface area contributed by atoms with Gasteiger partial charge in [0, 0.05) is 52.0 Å². The molecule has 1 aliphatic heterocycles. The molecule has 2 aromatic carbocycles. The molecule has 1 aliphatic rings. The number of methoxy groups -OCH3 is 1. The van der Waals surface area contributed by atoms with Crippen molar-refractivity contribution in [3.63, 3.8) is 0 Å². The molecule has 0 aliphatic carbocycles. The summed E-state index contributed by atoms with van der Waals surface area (Å²) >= 11 is 0. The van der Waals surface area contributed by atoms with Crippen LogP contribution in [0, 0.1) is 11.7 Å². The second kappa shape index (κ2) is 11.2. The standard InChI is InChI=1S/C22H29FN4O.HI/c1-24-22(26(2)15-17-7-9-19(23)10-8-17)25-14-18-11-12-27(16-18)20-5-4-6-21(13-20)28-3;/h4-10,13,18H,11-12,14-16H2,1-3H3,(H,24,25);1H. The van der Waals surface area contributed by atoms with Gasteiger partial charge < -0.3 is 19.9 Å². The number of rotatable bonds is 6. The summed E-state index contributed by atoms with van der Waals surface area (Å²) in [5.74, 6) is 2.09. The number of ether oxygens (including phenoxy) is 1. The number of guanidine groups is 1. The van der Waals surface area contributed by atoms with Crippen molar-refractivity contribution in [2.24, 2.45) is 10.9 Å². The molecular formula is C22H30FIN4O. The topological polar surface area (TPSA) is 40.1 Å². The van der Waals surface area contributed by atoms with Crippen molar-refractivity contribution in [1.29, 1.82) is 0 Å². The number of anilines is 1. The smallest absolute Gasteiger partial charge is 0.193 e. The summed E-state index contributed by atoms with van der Waals surface area (Å²) in [6.45, 7) is 3.61. The first-order valence-corrected chi connectivity index (χ1v) is 9.64. The molecule has 2 aromatic rings. The molecule has 7 heteroatoms. The van der Waals surface area contributed by atoms with Crippen LogP contribution in [0.2, 0.25) is 0 Å². The van der Waals surface area contributed by atoms with Crippen molar-refractivity contribution >= 4 is 35.6 Å². The normalized spacial score (nSPS) is 16.3. The minimum Gasteiger partial charge on any atom is -0.497 e. The maximum absolute atomic E-state index is 13.1. The molecule has 1 unspecified atom stereocenters. The Hall–Kier alpha value is -2.03. The maximum Gasteiger partial charge on any atom is 0.193 e. The summed E-state index contributed by atoms with van der Waals surface area (Å²) < 4.78 is 18.4. The summed E-state index contributed by atoms with van der Waals surface area (Å²) in [4.78, 5) is 8.85. The first-order chi connectivity index (χ1) is 13.6. The van der Waals surface area contributed by atoms with Gasteiger partial charge in [-0.3, -0.25) is 4.99 Å². The molecule has 1 fully saturated rings. The quantitative estimate of drug-likeness (QED) is 0.361. The first kappa shape index (κ1) is 23.3. The lowest BCUT2D eigenvalue weighted by atomic mass is 10.1. The molecular weight excluding hydrogens is 482 g/mol. The zero-order valence-corrected chi connectivity index (χ0v) is 19.6. The molecule has 0 amide bonds. The predicted molar refractivity (Wildman–Crippen MR) is 128 cm³/mol. The van der Waals surface area contributed by atoms with Crippen LogP contribution in [0.25, 0.3) is 0 Å². The first-order valence-electron chi connectivity index (χ1n) is 9.64. The van der Waals surface area contributed by atoms with E-state index in [1.54, 1.807) is 14.2 Å². The zero-order valence-electron chi connectivity index (χ0n) is 17.3. The van der Waals surface area contributed by atoms with E-state index in [1.807, 2.05) is 31.3 Å². The van der Waals surface area contributed by atoms with Crippen LogP contribution in [-0.4, -0.2) is 51.7 Å². The Kier molecular flexibility index (Phi) is 9.00. The van der Waals surface area contributed by atoms with Crippen molar-refractivity contribution in [2.45, 2.75) is 13.0 Å². The van der Waals surface area contributed by atoms with Crippen LogP contribution < -0.4 is 15.0 Å². The largest absolute Gasteiger partial charge is 0.497 e. The van der Waals surface area contributed by atoms with Crippen molar-refractivity contribution in [3.8, 4) is 5.75 Å². The van der Waals surface area contributed by atoms with Crippen molar-refractivity contribution in [2.75, 3.05) is 45.7 Å². The monoisotopic (exact) mass is 512 g/mol. The number of benzene rings is 2. The molecule has 0 spiro atoms. The number of hydrogen-bond acceptors (Lipinski definition) is 3. The minimum atomic E-state index is -0.212. The van der Waals surface area contributed by atoms with Crippen LogP contribution in [0.1, 0.15) is 12.0 Å². The Balaban J connectivity index is 0.00000300. The number of hydrogen-bond donors (Lipinski definition) is 1. The van der Waals surface area contributed by atoms with Gasteiger partial charge in [-0.05, 0) is 42.2 Å². The van der Waals surface area contributed by atoms with Crippen LogP contribution in [0.15, 0.2) is 53.5 Å². The Labute approximate surface area is 190 Å². The van der Waals surface area contributed by atoms with Crippen molar-refractivity contribution < 1.29 is 9.13 Å². The Morgan fingerprint density at radius 1 is 1.28 bits per heavy atom. The molecule has 0 aromatic heterocycles. The fourth-order valence-electron chi connectivity index (χ4n) is 3.60. The number of nitrogens with zero attached hydrogens (tertiary/aromatic N) is 3. The summed E-state index contributed by atoms with van der Waals surface area (Å²) in [5.41, 5.74) is 2.26. The van der Waals surface area contributed by atoms with Crippen molar-refractivity contribution in [1.82, 2.24) is 10.2 Å². The van der Waals surface area contributed by atoms with E-state index in [9.17, 15) is 4.39 Å². The lowest BCUT2D eigenvalue weighted by Gasteiger charge is -2.24. The molecule has 5 nitrogen and oxygen atoms in total. The van der Waals surface area contributed by atoms with Gasteiger partial charge in [0.15, 0.2) is 5.96 Å². The molecule has 1 N–H and O–H groups in total. The average Bonchev–Trinajstić information content (AvgIpc) is 3.19. The average molecular weight is 512 g/mol.